The Bertz CT molecular complexity index is 452. The fourth-order valence-corrected chi connectivity index (χ4v) is 1.36. The summed E-state index contributed by atoms with van der Waals surface area (Å²) in [5, 5.41) is -0.0226. The van der Waals surface area contributed by atoms with Crippen LogP contribution >= 0.6 is 11.6 Å². The number of hydrogen-bond donors (Lipinski definition) is 1. The number of halogens is 1. The molecule has 6 heteroatoms. The van der Waals surface area contributed by atoms with Crippen LogP contribution in [0.4, 0.5) is 0 Å². The molecule has 0 bridgehead atoms. The van der Waals surface area contributed by atoms with Gasteiger partial charge in [0.15, 0.2) is 0 Å². The van der Waals surface area contributed by atoms with Gasteiger partial charge >= 0.3 is 5.69 Å². The first-order valence-electron chi connectivity index (χ1n) is 5.18. The monoisotopic (exact) mass is 246 g/mol. The summed E-state index contributed by atoms with van der Waals surface area (Å²) in [7, 11) is 0. The number of unbranched alkanes of at least 4 members (excludes halogenated alkanes) is 1. The molecule has 16 heavy (non-hydrogen) atoms. The quantitative estimate of drug-likeness (QED) is 0.802. The zero-order valence-corrected chi connectivity index (χ0v) is 10.1. The lowest BCUT2D eigenvalue weighted by molar-refractivity contribution is 0.0114. The summed E-state index contributed by atoms with van der Waals surface area (Å²) in [5.41, 5.74) is -1.10. The van der Waals surface area contributed by atoms with E-state index in [2.05, 4.69) is 11.9 Å². The maximum atomic E-state index is 11.4. The van der Waals surface area contributed by atoms with E-state index in [1.807, 2.05) is 0 Å². The van der Waals surface area contributed by atoms with E-state index in [0.29, 0.717) is 6.61 Å². The number of aromatic nitrogens is 2. The molecule has 90 valence electrons. The van der Waals surface area contributed by atoms with E-state index in [9.17, 15) is 9.59 Å². The molecule has 0 saturated heterocycles. The molecule has 1 N–H and O–H groups in total. The van der Waals surface area contributed by atoms with Crippen molar-refractivity contribution in [2.75, 3.05) is 6.61 Å². The molecule has 0 unspecified atom stereocenters. The van der Waals surface area contributed by atoms with Gasteiger partial charge in [0.1, 0.15) is 11.3 Å². The van der Waals surface area contributed by atoms with Gasteiger partial charge in [-0.1, -0.05) is 24.9 Å². The Hall–Kier alpha value is -1.07. The van der Waals surface area contributed by atoms with E-state index < -0.39 is 17.5 Å². The largest absolute Gasteiger partial charge is 0.358 e. The summed E-state index contributed by atoms with van der Waals surface area (Å²) in [4.78, 5) is 24.6. The van der Waals surface area contributed by atoms with Crippen molar-refractivity contribution in [2.24, 2.45) is 0 Å². The van der Waals surface area contributed by atoms with Gasteiger partial charge in [-0.3, -0.25) is 14.3 Å². The Morgan fingerprint density at radius 3 is 2.88 bits per heavy atom. The van der Waals surface area contributed by atoms with E-state index in [-0.39, 0.29) is 5.02 Å². The SMILES string of the molecule is CCCCO[C@@H](C)n1cc(Cl)c(=O)[nH]c1=O. The van der Waals surface area contributed by atoms with Crippen LogP contribution in [0.25, 0.3) is 0 Å². The highest BCUT2D eigenvalue weighted by Gasteiger charge is 2.09. The van der Waals surface area contributed by atoms with Gasteiger partial charge in [0.2, 0.25) is 0 Å². The first-order valence-corrected chi connectivity index (χ1v) is 5.56. The lowest BCUT2D eigenvalue weighted by Crippen LogP contribution is -2.32. The lowest BCUT2D eigenvalue weighted by Gasteiger charge is -2.15. The highest BCUT2D eigenvalue weighted by Crippen LogP contribution is 2.07. The number of hydrogen-bond acceptors (Lipinski definition) is 3. The molecule has 0 saturated carbocycles. The van der Waals surface area contributed by atoms with Crippen molar-refractivity contribution in [1.29, 1.82) is 0 Å². The van der Waals surface area contributed by atoms with Crippen molar-refractivity contribution >= 4 is 11.6 Å². The average Bonchev–Trinajstić information content (AvgIpc) is 2.23. The number of rotatable bonds is 5. The highest BCUT2D eigenvalue weighted by atomic mass is 35.5. The van der Waals surface area contributed by atoms with Gasteiger partial charge < -0.3 is 4.74 Å². The van der Waals surface area contributed by atoms with E-state index in [0.717, 1.165) is 12.8 Å². The number of aromatic amines is 1. The van der Waals surface area contributed by atoms with Gasteiger partial charge in [-0.05, 0) is 13.3 Å². The number of ether oxygens (including phenoxy) is 1. The molecule has 5 nitrogen and oxygen atoms in total. The molecule has 1 aromatic rings. The summed E-state index contributed by atoms with van der Waals surface area (Å²) in [6.45, 7) is 4.35. The predicted molar refractivity (Wildman–Crippen MR) is 61.9 cm³/mol. The van der Waals surface area contributed by atoms with Crippen LogP contribution in [-0.2, 0) is 4.74 Å². The topological polar surface area (TPSA) is 64.1 Å². The van der Waals surface area contributed by atoms with Gasteiger partial charge in [-0.2, -0.15) is 0 Å². The molecule has 1 aromatic heterocycles. The minimum atomic E-state index is -0.580. The Labute approximate surface area is 98.0 Å². The minimum absolute atomic E-state index is 0.0226. The molecule has 1 atom stereocenters. The average molecular weight is 247 g/mol. The van der Waals surface area contributed by atoms with Crippen LogP contribution in [0.15, 0.2) is 15.8 Å². The molecule has 1 heterocycles. The van der Waals surface area contributed by atoms with Crippen LogP contribution in [0.1, 0.15) is 32.9 Å². The van der Waals surface area contributed by atoms with Crippen LogP contribution in [0.3, 0.4) is 0 Å². The second-order valence-electron chi connectivity index (χ2n) is 3.47. The maximum absolute atomic E-state index is 11.4. The van der Waals surface area contributed by atoms with E-state index >= 15 is 0 Å². The van der Waals surface area contributed by atoms with Gasteiger partial charge in [-0.25, -0.2) is 4.79 Å². The zero-order valence-electron chi connectivity index (χ0n) is 9.33. The van der Waals surface area contributed by atoms with Crippen LogP contribution in [-0.4, -0.2) is 16.2 Å². The van der Waals surface area contributed by atoms with Gasteiger partial charge in [0.25, 0.3) is 5.56 Å². The predicted octanol–water partition coefficient (Wildman–Crippen LogP) is 1.53. The molecule has 0 aromatic carbocycles. The van der Waals surface area contributed by atoms with Crippen LogP contribution in [0.2, 0.25) is 5.02 Å². The Kier molecular flexibility index (Phi) is 4.76. The highest BCUT2D eigenvalue weighted by molar-refractivity contribution is 6.30. The summed E-state index contributed by atoms with van der Waals surface area (Å²) in [5.74, 6) is 0. The summed E-state index contributed by atoms with van der Waals surface area (Å²) < 4.78 is 6.69. The van der Waals surface area contributed by atoms with Crippen molar-refractivity contribution < 1.29 is 4.74 Å². The second kappa shape index (κ2) is 5.86. The number of nitrogens with zero attached hydrogens (tertiary/aromatic N) is 1. The molecule has 0 aliphatic heterocycles. The van der Waals surface area contributed by atoms with E-state index in [1.54, 1.807) is 6.92 Å². The van der Waals surface area contributed by atoms with Crippen LogP contribution < -0.4 is 11.2 Å². The first kappa shape index (κ1) is 13.0. The van der Waals surface area contributed by atoms with Crippen molar-refractivity contribution in [2.45, 2.75) is 32.9 Å². The third-order valence-corrected chi connectivity index (χ3v) is 2.44. The van der Waals surface area contributed by atoms with Crippen molar-refractivity contribution in [3.05, 3.63) is 32.1 Å². The van der Waals surface area contributed by atoms with Crippen LogP contribution in [0, 0.1) is 0 Å². The van der Waals surface area contributed by atoms with Crippen molar-refractivity contribution in [3.8, 4) is 0 Å². The fourth-order valence-electron chi connectivity index (χ4n) is 1.21. The smallest absolute Gasteiger partial charge is 0.330 e. The fraction of sp³-hybridized carbons (Fsp3) is 0.600. The first-order chi connectivity index (χ1) is 7.56. The molecule has 0 aliphatic rings. The minimum Gasteiger partial charge on any atom is -0.358 e. The molecule has 0 amide bonds. The van der Waals surface area contributed by atoms with E-state index in [1.165, 1.54) is 10.8 Å². The number of nitrogens with one attached hydrogen (secondary N) is 1. The van der Waals surface area contributed by atoms with E-state index in [4.69, 9.17) is 16.3 Å². The van der Waals surface area contributed by atoms with Crippen molar-refractivity contribution in [1.82, 2.24) is 9.55 Å². The Balaban J connectivity index is 2.83. The van der Waals surface area contributed by atoms with Gasteiger partial charge in [0, 0.05) is 12.8 Å². The zero-order chi connectivity index (χ0) is 12.1. The molecule has 0 spiro atoms. The Morgan fingerprint density at radius 1 is 1.56 bits per heavy atom. The molecule has 0 aliphatic carbocycles. The number of H-pyrrole nitrogens is 1. The third kappa shape index (κ3) is 3.21. The molecular weight excluding hydrogens is 232 g/mol. The third-order valence-electron chi connectivity index (χ3n) is 2.17. The summed E-state index contributed by atoms with van der Waals surface area (Å²) in [6, 6.07) is 0. The van der Waals surface area contributed by atoms with Gasteiger partial charge in [-0.15, -0.1) is 0 Å². The molecule has 0 radical (unpaired) electrons. The molecule has 1 rings (SSSR count). The summed E-state index contributed by atoms with van der Waals surface area (Å²) in [6.07, 6.45) is 2.80. The molecule has 0 fully saturated rings. The normalized spacial score (nSPS) is 12.7. The molecular formula is C10H15ClN2O3. The standard InChI is InChI=1S/C10H15ClN2O3/c1-3-4-5-16-7(2)13-6-8(11)9(14)12-10(13)15/h6-7H,3-5H2,1-2H3,(H,12,14,15)/t7-/m0/s1. The Morgan fingerprint density at radius 2 is 2.25 bits per heavy atom. The maximum Gasteiger partial charge on any atom is 0.330 e. The van der Waals surface area contributed by atoms with Crippen LogP contribution in [0.5, 0.6) is 0 Å². The second-order valence-corrected chi connectivity index (χ2v) is 3.87. The van der Waals surface area contributed by atoms with Crippen molar-refractivity contribution in [3.63, 3.8) is 0 Å². The lowest BCUT2D eigenvalue weighted by atomic mass is 10.4. The summed E-state index contributed by atoms with van der Waals surface area (Å²) >= 11 is 5.63. The van der Waals surface area contributed by atoms with Gasteiger partial charge in [0.05, 0.1) is 0 Å².